The average molecular weight is 343 g/mol. The third-order valence-corrected chi connectivity index (χ3v) is 4.75. The molecule has 0 spiro atoms. The molecule has 0 saturated carbocycles. The number of rotatable bonds is 4. The quantitative estimate of drug-likeness (QED) is 0.797. The van der Waals surface area contributed by atoms with E-state index in [0.717, 1.165) is 5.56 Å². The highest BCUT2D eigenvalue weighted by Crippen LogP contribution is 2.38. The van der Waals surface area contributed by atoms with Crippen molar-refractivity contribution in [2.45, 2.75) is 52.4 Å². The minimum absolute atomic E-state index is 0.430. The van der Waals surface area contributed by atoms with Crippen molar-refractivity contribution in [3.63, 3.8) is 0 Å². The van der Waals surface area contributed by atoms with Crippen molar-refractivity contribution in [1.29, 1.82) is 0 Å². The minimum atomic E-state index is -1.02. The second kappa shape index (κ2) is 6.39. The molecule has 0 bridgehead atoms. The highest BCUT2D eigenvalue weighted by molar-refractivity contribution is 6.54. The molecule has 3 rings (SSSR count). The van der Waals surface area contributed by atoms with Gasteiger partial charge in [0.15, 0.2) is 0 Å². The molecule has 1 fully saturated rings. The first-order valence-electron chi connectivity index (χ1n) is 8.35. The molecule has 7 heteroatoms. The second-order valence-electron chi connectivity index (χ2n) is 7.45. The van der Waals surface area contributed by atoms with Gasteiger partial charge in [-0.05, 0) is 46.3 Å². The molecule has 132 valence electrons. The number of hydrogen-bond donors (Lipinski definition) is 0. The van der Waals surface area contributed by atoms with Gasteiger partial charge in [0.05, 0.1) is 23.9 Å². The van der Waals surface area contributed by atoms with Crippen LogP contribution in [0.25, 0.3) is 6.08 Å². The van der Waals surface area contributed by atoms with Gasteiger partial charge in [0.25, 0.3) is 0 Å². The van der Waals surface area contributed by atoms with Gasteiger partial charge >= 0.3 is 7.12 Å². The van der Waals surface area contributed by atoms with Gasteiger partial charge in [-0.25, -0.2) is 9.07 Å². The molecule has 5 nitrogen and oxygen atoms in total. The predicted octanol–water partition coefficient (Wildman–Crippen LogP) is 3.58. The second-order valence-corrected chi connectivity index (χ2v) is 7.45. The summed E-state index contributed by atoms with van der Waals surface area (Å²) in [4.78, 5) is 0. The summed E-state index contributed by atoms with van der Waals surface area (Å²) in [6.07, 6.45) is 3.01. The first-order valence-corrected chi connectivity index (χ1v) is 8.35. The lowest BCUT2D eigenvalue weighted by atomic mass is 9.87. The van der Waals surface area contributed by atoms with E-state index in [2.05, 4.69) is 16.4 Å². The summed E-state index contributed by atoms with van der Waals surface area (Å²) < 4.78 is 27.6. The molecule has 1 aromatic heterocycles. The van der Waals surface area contributed by atoms with Gasteiger partial charge in [-0.2, -0.15) is 0 Å². The fourth-order valence-corrected chi connectivity index (χ4v) is 2.62. The Kier molecular flexibility index (Phi) is 4.55. The number of halogens is 1. The maximum atomic E-state index is 14.5. The van der Waals surface area contributed by atoms with Gasteiger partial charge in [-0.1, -0.05) is 35.0 Å². The van der Waals surface area contributed by atoms with E-state index in [-0.39, 0.29) is 0 Å². The lowest BCUT2D eigenvalue weighted by Crippen LogP contribution is -2.41. The van der Waals surface area contributed by atoms with Crippen molar-refractivity contribution in [2.24, 2.45) is 0 Å². The summed E-state index contributed by atoms with van der Waals surface area (Å²) in [6, 6.07) is 8.15. The fourth-order valence-electron chi connectivity index (χ4n) is 2.62. The number of aryl methyl sites for hydroxylation is 1. The van der Waals surface area contributed by atoms with E-state index in [1.807, 2.05) is 52.8 Å². The molecule has 2 aromatic rings. The maximum Gasteiger partial charge on any atom is 0.525 e. The van der Waals surface area contributed by atoms with Crippen molar-refractivity contribution < 1.29 is 13.7 Å². The summed E-state index contributed by atoms with van der Waals surface area (Å²) >= 11 is 0. The van der Waals surface area contributed by atoms with E-state index in [1.165, 1.54) is 11.6 Å². The van der Waals surface area contributed by atoms with Gasteiger partial charge in [0.2, 0.25) is 0 Å². The number of nitrogens with zero attached hydrogens (tertiary/aromatic N) is 3. The fraction of sp³-hybridized carbons (Fsp3) is 0.444. The number of hydrogen-bond acceptors (Lipinski definition) is 4. The van der Waals surface area contributed by atoms with Gasteiger partial charge in [-0.3, -0.25) is 0 Å². The monoisotopic (exact) mass is 343 g/mol. The standard InChI is InChI=1S/C18H23BFN3O2/c1-13-7-6-8-14(9-13)11-23-12-15(21-22-23)10-16(20)19-24-17(2,3)18(4,5)25-19/h6-10,12H,11H2,1-5H3. The number of benzene rings is 1. The van der Waals surface area contributed by atoms with Crippen LogP contribution in [0.5, 0.6) is 0 Å². The molecule has 2 heterocycles. The van der Waals surface area contributed by atoms with Crippen molar-refractivity contribution in [1.82, 2.24) is 15.0 Å². The molecule has 0 N–H and O–H groups in total. The lowest BCUT2D eigenvalue weighted by molar-refractivity contribution is 0.00578. The van der Waals surface area contributed by atoms with E-state index >= 15 is 0 Å². The Morgan fingerprint density at radius 2 is 1.92 bits per heavy atom. The van der Waals surface area contributed by atoms with Crippen molar-refractivity contribution in [3.8, 4) is 0 Å². The Morgan fingerprint density at radius 3 is 2.56 bits per heavy atom. The molecule has 0 atom stereocenters. The van der Waals surface area contributed by atoms with Crippen LogP contribution in [-0.4, -0.2) is 33.3 Å². The Bertz CT molecular complexity index is 785. The molecule has 0 unspecified atom stereocenters. The minimum Gasteiger partial charge on any atom is -0.398 e. The van der Waals surface area contributed by atoms with Crippen molar-refractivity contribution in [2.75, 3.05) is 0 Å². The smallest absolute Gasteiger partial charge is 0.398 e. The highest BCUT2D eigenvalue weighted by Gasteiger charge is 2.53. The zero-order valence-corrected chi connectivity index (χ0v) is 15.3. The van der Waals surface area contributed by atoms with Crippen LogP contribution in [-0.2, 0) is 15.9 Å². The van der Waals surface area contributed by atoms with E-state index in [0.29, 0.717) is 12.2 Å². The zero-order chi connectivity index (χ0) is 18.2. The SMILES string of the molecule is Cc1cccc(Cn2cc(C=C(F)B3OC(C)(C)C(C)(C)O3)nn2)c1. The van der Waals surface area contributed by atoms with Crippen LogP contribution in [0.15, 0.2) is 36.2 Å². The number of aromatic nitrogens is 3. The molecule has 0 amide bonds. The van der Waals surface area contributed by atoms with Crippen LogP contribution in [0.4, 0.5) is 4.39 Å². The Labute approximate surface area is 148 Å². The van der Waals surface area contributed by atoms with Crippen LogP contribution in [0.2, 0.25) is 0 Å². The third-order valence-electron chi connectivity index (χ3n) is 4.75. The average Bonchev–Trinajstić information content (AvgIpc) is 3.01. The molecule has 1 aliphatic rings. The molecule has 1 aromatic carbocycles. The Hall–Kier alpha value is -1.99. The largest absolute Gasteiger partial charge is 0.525 e. The van der Waals surface area contributed by atoms with Crippen LogP contribution in [0, 0.1) is 6.92 Å². The van der Waals surface area contributed by atoms with E-state index in [9.17, 15) is 4.39 Å². The van der Waals surface area contributed by atoms with Gasteiger partial charge in [0, 0.05) is 0 Å². The van der Waals surface area contributed by atoms with Crippen LogP contribution in [0.1, 0.15) is 44.5 Å². The summed E-state index contributed by atoms with van der Waals surface area (Å²) in [5.74, 6) is 0. The topological polar surface area (TPSA) is 49.2 Å². The van der Waals surface area contributed by atoms with Crippen molar-refractivity contribution >= 4 is 13.2 Å². The Morgan fingerprint density at radius 1 is 1.24 bits per heavy atom. The summed E-state index contributed by atoms with van der Waals surface area (Å²) in [5.41, 5.74) is 1.06. The predicted molar refractivity (Wildman–Crippen MR) is 95.5 cm³/mol. The normalized spacial score (nSPS) is 19.4. The first-order chi connectivity index (χ1) is 11.7. The lowest BCUT2D eigenvalue weighted by Gasteiger charge is -2.32. The zero-order valence-electron chi connectivity index (χ0n) is 15.3. The van der Waals surface area contributed by atoms with Crippen LogP contribution >= 0.6 is 0 Å². The van der Waals surface area contributed by atoms with E-state index < -0.39 is 24.0 Å². The highest BCUT2D eigenvalue weighted by atomic mass is 19.1. The first kappa shape index (κ1) is 17.8. The third kappa shape index (κ3) is 3.83. The molecule has 0 radical (unpaired) electrons. The maximum absolute atomic E-state index is 14.5. The van der Waals surface area contributed by atoms with Crippen LogP contribution < -0.4 is 0 Å². The molecular formula is C18H23BFN3O2. The summed E-state index contributed by atoms with van der Waals surface area (Å²) in [6.45, 7) is 10.2. The molecular weight excluding hydrogens is 320 g/mol. The van der Waals surface area contributed by atoms with E-state index in [4.69, 9.17) is 9.31 Å². The molecule has 1 aliphatic heterocycles. The summed E-state index contributed by atoms with van der Waals surface area (Å²) in [5, 5.41) is 8.06. The molecule has 1 saturated heterocycles. The molecule has 0 aliphatic carbocycles. The van der Waals surface area contributed by atoms with Crippen molar-refractivity contribution in [3.05, 3.63) is 53.0 Å². The van der Waals surface area contributed by atoms with Gasteiger partial charge < -0.3 is 9.31 Å². The van der Waals surface area contributed by atoms with E-state index in [1.54, 1.807) is 10.9 Å². The van der Waals surface area contributed by atoms with Crippen LogP contribution in [0.3, 0.4) is 0 Å². The summed E-state index contributed by atoms with van der Waals surface area (Å²) in [7, 11) is -1.02. The molecule has 25 heavy (non-hydrogen) atoms. The van der Waals surface area contributed by atoms with Gasteiger partial charge in [0.1, 0.15) is 11.4 Å². The Balaban J connectivity index is 1.71. The van der Waals surface area contributed by atoms with Gasteiger partial charge in [-0.15, -0.1) is 5.10 Å².